The number of nitrogens with two attached hydrogens (primary N) is 1. The number of alkyl halides is 2. The van der Waals surface area contributed by atoms with Gasteiger partial charge in [-0.25, -0.2) is 23.7 Å². The molecule has 5 rings (SSSR count). The zero-order valence-electron chi connectivity index (χ0n) is 17.5. The van der Waals surface area contributed by atoms with E-state index >= 15 is 0 Å². The van der Waals surface area contributed by atoms with E-state index in [0.717, 1.165) is 37.3 Å². The average molecular weight is 439 g/mol. The Labute approximate surface area is 182 Å². The van der Waals surface area contributed by atoms with Crippen LogP contribution in [0.5, 0.6) is 0 Å². The molecule has 0 aliphatic heterocycles. The van der Waals surface area contributed by atoms with Crippen molar-refractivity contribution in [3.8, 4) is 0 Å². The number of nitrogens with zero attached hydrogens (tertiary/aromatic N) is 5. The van der Waals surface area contributed by atoms with Gasteiger partial charge in [0.1, 0.15) is 28.5 Å². The molecule has 4 aromatic rings. The van der Waals surface area contributed by atoms with Crippen LogP contribution in [0.3, 0.4) is 0 Å². The van der Waals surface area contributed by atoms with E-state index in [0.29, 0.717) is 22.4 Å². The molecule has 0 atom stereocenters. The molecular formula is C22H23F2N7O. The van der Waals surface area contributed by atoms with E-state index in [2.05, 4.69) is 24.8 Å². The van der Waals surface area contributed by atoms with Crippen molar-refractivity contribution in [3.63, 3.8) is 0 Å². The molecule has 4 heterocycles. The Hall–Kier alpha value is -3.56. The van der Waals surface area contributed by atoms with E-state index in [9.17, 15) is 13.6 Å². The summed E-state index contributed by atoms with van der Waals surface area (Å²) >= 11 is 0. The Balaban J connectivity index is 1.36. The van der Waals surface area contributed by atoms with Gasteiger partial charge in [-0.1, -0.05) is 6.07 Å². The summed E-state index contributed by atoms with van der Waals surface area (Å²) in [6.45, 7) is 1.91. The Morgan fingerprint density at radius 3 is 2.69 bits per heavy atom. The second-order valence-corrected chi connectivity index (χ2v) is 8.18. The topological polar surface area (TPSA) is 103 Å². The molecule has 0 aromatic carbocycles. The van der Waals surface area contributed by atoms with Crippen molar-refractivity contribution >= 4 is 28.5 Å². The van der Waals surface area contributed by atoms with Crippen LogP contribution in [-0.2, 0) is 0 Å². The fourth-order valence-corrected chi connectivity index (χ4v) is 4.72. The predicted octanol–water partition coefficient (Wildman–Crippen LogP) is 4.02. The van der Waals surface area contributed by atoms with Gasteiger partial charge < -0.3 is 15.6 Å². The number of pyridine rings is 2. The molecule has 4 aromatic heterocycles. The third kappa shape index (κ3) is 3.45. The van der Waals surface area contributed by atoms with E-state index in [-0.39, 0.29) is 17.8 Å². The molecule has 10 heteroatoms. The number of primary amides is 1. The number of aryl methyl sites for hydroxylation is 1. The summed E-state index contributed by atoms with van der Waals surface area (Å²) in [5.41, 5.74) is 7.50. The van der Waals surface area contributed by atoms with E-state index in [1.54, 1.807) is 22.7 Å². The highest BCUT2D eigenvalue weighted by atomic mass is 19.3. The summed E-state index contributed by atoms with van der Waals surface area (Å²) in [7, 11) is 0. The summed E-state index contributed by atoms with van der Waals surface area (Å²) in [6.07, 6.45) is 3.83. The van der Waals surface area contributed by atoms with Crippen LogP contribution in [0.2, 0.25) is 0 Å². The van der Waals surface area contributed by atoms with Gasteiger partial charge in [0.25, 0.3) is 12.3 Å². The Morgan fingerprint density at radius 1 is 1.19 bits per heavy atom. The van der Waals surface area contributed by atoms with Crippen LogP contribution >= 0.6 is 0 Å². The maximum Gasteiger partial charge on any atom is 0.281 e. The van der Waals surface area contributed by atoms with Crippen LogP contribution < -0.4 is 11.1 Å². The SMILES string of the molecule is Cc1nc2nccc(C(N)=O)c2n1C1CCC(Nc2cccc3nc(C(F)F)cn23)CC1. The summed E-state index contributed by atoms with van der Waals surface area (Å²) in [5, 5.41) is 3.49. The van der Waals surface area contributed by atoms with Gasteiger partial charge in [-0.3, -0.25) is 9.20 Å². The number of fused-ring (bicyclic) bond motifs is 2. The molecule has 0 radical (unpaired) electrons. The quantitative estimate of drug-likeness (QED) is 0.489. The van der Waals surface area contributed by atoms with Gasteiger partial charge in [0, 0.05) is 24.5 Å². The number of imidazole rings is 2. The molecule has 0 saturated heterocycles. The first-order valence-corrected chi connectivity index (χ1v) is 10.6. The number of nitrogens with one attached hydrogen (secondary N) is 1. The van der Waals surface area contributed by atoms with Gasteiger partial charge in [0.15, 0.2) is 5.65 Å². The van der Waals surface area contributed by atoms with Gasteiger partial charge in [-0.05, 0) is 50.8 Å². The lowest BCUT2D eigenvalue weighted by Crippen LogP contribution is -2.28. The molecule has 0 spiro atoms. The van der Waals surface area contributed by atoms with Crippen molar-refractivity contribution in [2.24, 2.45) is 5.73 Å². The standard InChI is InChI=1S/C22H23F2N7O/c1-12-27-22-19(15(21(25)32)9-10-26-22)31(12)14-7-5-13(6-8-14)28-17-3-2-4-18-29-16(20(23)24)11-30(17)18/h2-4,9-11,13-14,20,28H,5-8H2,1H3,(H2,25,32). The number of amides is 1. The van der Waals surface area contributed by atoms with E-state index in [4.69, 9.17) is 5.73 Å². The number of carbonyl (C=O) groups is 1. The number of carbonyl (C=O) groups excluding carboxylic acids is 1. The summed E-state index contributed by atoms with van der Waals surface area (Å²) < 4.78 is 29.9. The Morgan fingerprint density at radius 2 is 1.97 bits per heavy atom. The molecular weight excluding hydrogens is 416 g/mol. The third-order valence-electron chi connectivity index (χ3n) is 6.18. The fraction of sp³-hybridized carbons (Fsp3) is 0.364. The van der Waals surface area contributed by atoms with Crippen LogP contribution in [0, 0.1) is 6.92 Å². The number of hydrogen-bond acceptors (Lipinski definition) is 5. The highest BCUT2D eigenvalue weighted by Gasteiger charge is 2.27. The number of rotatable bonds is 5. The van der Waals surface area contributed by atoms with Crippen LogP contribution in [-0.4, -0.2) is 35.9 Å². The first-order valence-electron chi connectivity index (χ1n) is 10.6. The first kappa shape index (κ1) is 20.3. The van der Waals surface area contributed by atoms with Crippen molar-refractivity contribution in [1.82, 2.24) is 23.9 Å². The van der Waals surface area contributed by atoms with Crippen molar-refractivity contribution in [2.75, 3.05) is 5.32 Å². The highest BCUT2D eigenvalue weighted by molar-refractivity contribution is 6.03. The second-order valence-electron chi connectivity index (χ2n) is 8.18. The lowest BCUT2D eigenvalue weighted by Gasteiger charge is -2.31. The minimum Gasteiger partial charge on any atom is -0.368 e. The summed E-state index contributed by atoms with van der Waals surface area (Å²) in [4.78, 5) is 24.8. The fourth-order valence-electron chi connectivity index (χ4n) is 4.72. The number of hydrogen-bond donors (Lipinski definition) is 2. The molecule has 166 valence electrons. The van der Waals surface area contributed by atoms with Crippen LogP contribution in [0.4, 0.5) is 14.6 Å². The monoisotopic (exact) mass is 439 g/mol. The van der Waals surface area contributed by atoms with Gasteiger partial charge in [-0.2, -0.15) is 0 Å². The number of anilines is 1. The van der Waals surface area contributed by atoms with Crippen molar-refractivity contribution in [2.45, 2.75) is 51.1 Å². The second kappa shape index (κ2) is 7.85. The number of aromatic nitrogens is 5. The Bertz CT molecular complexity index is 1300. The van der Waals surface area contributed by atoms with E-state index in [1.807, 2.05) is 19.1 Å². The van der Waals surface area contributed by atoms with Gasteiger partial charge in [-0.15, -0.1) is 0 Å². The third-order valence-corrected chi connectivity index (χ3v) is 6.18. The molecule has 1 aliphatic carbocycles. The lowest BCUT2D eigenvalue weighted by atomic mass is 9.90. The van der Waals surface area contributed by atoms with Crippen molar-refractivity contribution in [1.29, 1.82) is 0 Å². The lowest BCUT2D eigenvalue weighted by molar-refractivity contribution is 0.100. The van der Waals surface area contributed by atoms with E-state index < -0.39 is 12.3 Å². The average Bonchev–Trinajstić information content (AvgIpc) is 3.35. The predicted molar refractivity (Wildman–Crippen MR) is 116 cm³/mol. The van der Waals surface area contributed by atoms with Crippen LogP contribution in [0.15, 0.2) is 36.7 Å². The maximum atomic E-state index is 13.1. The largest absolute Gasteiger partial charge is 0.368 e. The zero-order valence-corrected chi connectivity index (χ0v) is 17.5. The molecule has 1 fully saturated rings. The Kier molecular flexibility index (Phi) is 4.99. The smallest absolute Gasteiger partial charge is 0.281 e. The minimum atomic E-state index is -2.61. The molecule has 3 N–H and O–H groups in total. The minimum absolute atomic E-state index is 0.176. The maximum absolute atomic E-state index is 13.1. The van der Waals surface area contributed by atoms with Crippen molar-refractivity contribution in [3.05, 3.63) is 53.7 Å². The molecule has 0 bridgehead atoms. The molecule has 8 nitrogen and oxygen atoms in total. The van der Waals surface area contributed by atoms with Gasteiger partial charge in [0.2, 0.25) is 0 Å². The van der Waals surface area contributed by atoms with E-state index in [1.165, 1.54) is 6.20 Å². The van der Waals surface area contributed by atoms with Crippen LogP contribution in [0.25, 0.3) is 16.8 Å². The van der Waals surface area contributed by atoms with Gasteiger partial charge in [0.05, 0.1) is 5.56 Å². The molecule has 1 aliphatic rings. The highest BCUT2D eigenvalue weighted by Crippen LogP contribution is 2.34. The van der Waals surface area contributed by atoms with Gasteiger partial charge >= 0.3 is 0 Å². The van der Waals surface area contributed by atoms with Crippen LogP contribution in [0.1, 0.15) is 60.0 Å². The summed E-state index contributed by atoms with van der Waals surface area (Å²) in [6, 6.07) is 7.40. The normalized spacial score (nSPS) is 19.1. The zero-order chi connectivity index (χ0) is 22.4. The molecule has 0 unspecified atom stereocenters. The first-order chi connectivity index (χ1) is 15.4. The molecule has 1 saturated carbocycles. The molecule has 1 amide bonds. The molecule has 32 heavy (non-hydrogen) atoms. The summed E-state index contributed by atoms with van der Waals surface area (Å²) in [5.74, 6) is 1.06. The number of halogens is 2. The van der Waals surface area contributed by atoms with Crippen molar-refractivity contribution < 1.29 is 13.6 Å².